The molecule has 8 bridgehead atoms. The number of hydrogen-bond acceptors (Lipinski definition) is 14. The van der Waals surface area contributed by atoms with Crippen molar-refractivity contribution in [2.24, 2.45) is 0 Å². The molecule has 6 aliphatic heterocycles. The van der Waals surface area contributed by atoms with E-state index in [0.717, 1.165) is 13.8 Å². The van der Waals surface area contributed by atoms with Crippen LogP contribution in [0.1, 0.15) is 58.8 Å². The summed E-state index contributed by atoms with van der Waals surface area (Å²) in [4.78, 5) is 12.9. The zero-order valence-electron chi connectivity index (χ0n) is 35.8. The minimum absolute atomic E-state index is 1.15. The fourth-order valence-electron chi connectivity index (χ4n) is 7.07. The van der Waals surface area contributed by atoms with Crippen LogP contribution in [0, 0.1) is 0 Å². The number of rotatable bonds is 18. The number of carbonyl (C=O) groups excluding carboxylic acids is 1. The van der Waals surface area contributed by atoms with Gasteiger partial charge in [-0.15, -0.1) is 0 Å². The van der Waals surface area contributed by atoms with E-state index in [1.165, 1.54) is 0 Å². The Kier molecular flexibility index (Phi) is 17.5. The third-order valence-electron chi connectivity index (χ3n) is 9.86. The van der Waals surface area contributed by atoms with Crippen molar-refractivity contribution in [2.45, 2.75) is 155 Å². The molecular weight excluding hydrogens is 1250 g/mol. The van der Waals surface area contributed by atoms with Crippen LogP contribution in [0.5, 0.6) is 0 Å². The molecule has 6 fully saturated rings. The molecule has 6 saturated heterocycles. The molecule has 0 aromatic carbocycles. The lowest BCUT2D eigenvalue weighted by atomic mass is 10.2. The van der Waals surface area contributed by atoms with E-state index in [0.29, 0.717) is 0 Å². The highest BCUT2D eigenvalue weighted by Gasteiger charge is 2.84. The van der Waals surface area contributed by atoms with E-state index in [-0.39, 0.29) is 0 Å². The number of carbonyl (C=O) groups is 1. The van der Waals surface area contributed by atoms with Gasteiger partial charge in [0.25, 0.3) is 0 Å². The third kappa shape index (κ3) is 17.9. The van der Waals surface area contributed by atoms with Crippen LogP contribution in [-0.2, 0) is 58.9 Å². The third-order valence-corrected chi connectivity index (χ3v) is 46.9. The molecule has 14 nitrogen and oxygen atoms in total. The van der Waals surface area contributed by atoms with Crippen LogP contribution >= 0.6 is 15.9 Å². The van der Waals surface area contributed by atoms with Crippen LogP contribution in [0.3, 0.4) is 0 Å². The quantitative estimate of drug-likeness (QED) is 0.0557. The predicted molar refractivity (Wildman–Crippen MR) is 206 cm³/mol. The zero-order valence-corrected chi connectivity index (χ0v) is 45.4. The first-order chi connectivity index (χ1) is 31.6. The van der Waals surface area contributed by atoms with Gasteiger partial charge in [-0.25, -0.2) is 0 Å². The smallest absolute Gasteiger partial charge is 0.465 e. The van der Waals surface area contributed by atoms with Crippen molar-refractivity contribution in [3.63, 3.8) is 0 Å². The SMILES string of the molecule is CC(C)(Br)C(=O)OCC[Si]12O[Si]3(CCC(F)(F)F)O[Si]4(CCC(F)(F)F)O[Si](CCC(F)(F)F)(O1)O[Si]1(CCC(F)(F)F)O[Si](CCC(F)(F)F)(O2)O[Si](CCC(F)(F)F)(O3)O[Si](CCC(F)(F)F)(O4)O1. The van der Waals surface area contributed by atoms with Gasteiger partial charge in [-0.3, -0.25) is 4.79 Å². The summed E-state index contributed by atoms with van der Waals surface area (Å²) in [5.74, 6) is -1.27. The fraction of sp³-hybridized carbons (Fsp3) is 0.963. The first-order valence-electron chi connectivity index (χ1n) is 20.3. The van der Waals surface area contributed by atoms with Gasteiger partial charge in [0.05, 0.1) is 12.7 Å². The van der Waals surface area contributed by atoms with Crippen molar-refractivity contribution in [3.8, 4) is 0 Å². The molecule has 0 unspecified atom stereocenters. The molecule has 0 aromatic rings. The average molecular weight is 1290 g/mol. The van der Waals surface area contributed by atoms with Gasteiger partial charge in [0.1, 0.15) is 4.32 Å². The Morgan fingerprint density at radius 1 is 0.324 bits per heavy atom. The van der Waals surface area contributed by atoms with Crippen molar-refractivity contribution in [1.29, 1.82) is 0 Å². The molecule has 44 heteroatoms. The topological polar surface area (TPSA) is 137 Å². The van der Waals surface area contributed by atoms with Gasteiger partial charge in [0, 0.05) is 87.3 Å². The largest absolute Gasteiger partial charge is 0.482 e. The Morgan fingerprint density at radius 2 is 0.465 bits per heavy atom. The Hall–Kier alpha value is -0.265. The number of hydrogen-bond donors (Lipinski definition) is 0. The average Bonchev–Trinajstić information content (AvgIpc) is 3.10. The summed E-state index contributed by atoms with van der Waals surface area (Å²) >= 11 is 2.91. The Balaban J connectivity index is 2.01. The highest BCUT2D eigenvalue weighted by Crippen LogP contribution is 2.57. The van der Waals surface area contributed by atoms with Gasteiger partial charge < -0.3 is 54.1 Å². The van der Waals surface area contributed by atoms with E-state index >= 15 is 0 Å². The van der Waals surface area contributed by atoms with E-state index in [1.807, 2.05) is 0 Å². The standard InChI is InChI=1S/C27H38BrF21O14Si8/c1-20(2,28)19(50)51-10-18-71-61-68(15-7-25(41,42)43)55-65(12-4-22(32,33)34)52-64(11-3-21(29,30)31)53-66(57-68,13-5-23(35,36)37)59-70(63-71,17-9-27(47,48)49)60-67(54-64,14-6-24(38,39)40)58-69(56-65,62-71)16-8-26(44,45)46/h3-18H2,1-2H3. The number of ether oxygens (including phenoxy) is 1. The van der Waals surface area contributed by atoms with E-state index in [9.17, 15) is 97.0 Å². The predicted octanol–water partition coefficient (Wildman–Crippen LogP) is 11.1. The van der Waals surface area contributed by atoms with Crippen LogP contribution in [0.25, 0.3) is 0 Å². The molecule has 6 rings (SSSR count). The van der Waals surface area contributed by atoms with Gasteiger partial charge in [-0.2, -0.15) is 92.2 Å². The molecule has 0 saturated carbocycles. The van der Waals surface area contributed by atoms with Crippen molar-refractivity contribution in [2.75, 3.05) is 6.61 Å². The van der Waals surface area contributed by atoms with Crippen LogP contribution in [0.2, 0.25) is 48.4 Å². The number of halogens is 22. The highest BCUT2D eigenvalue weighted by molar-refractivity contribution is 9.10. The molecule has 71 heavy (non-hydrogen) atoms. The lowest BCUT2D eigenvalue weighted by Crippen LogP contribution is -2.88. The number of alkyl halides is 22. The maximum atomic E-state index is 14.4. The lowest BCUT2D eigenvalue weighted by Gasteiger charge is -2.63. The maximum Gasteiger partial charge on any atom is 0.482 e. The van der Waals surface area contributed by atoms with E-state index in [2.05, 4.69) is 15.9 Å². The van der Waals surface area contributed by atoms with Crippen LogP contribution in [0.4, 0.5) is 92.2 Å². The summed E-state index contributed by atoms with van der Waals surface area (Å²) in [6.07, 6.45) is -55.1. The molecule has 6 aliphatic rings. The fourth-order valence-corrected chi connectivity index (χ4v) is 57.2. The van der Waals surface area contributed by atoms with Crippen molar-refractivity contribution in [1.82, 2.24) is 0 Å². The van der Waals surface area contributed by atoms with Gasteiger partial charge in [0.15, 0.2) is 0 Å². The molecule has 416 valence electrons. The first-order valence-corrected chi connectivity index (χ1v) is 36.6. The van der Waals surface area contributed by atoms with Crippen molar-refractivity contribution in [3.05, 3.63) is 0 Å². The molecule has 0 N–H and O–H groups in total. The number of esters is 1. The zero-order chi connectivity index (χ0) is 54.1. The molecule has 0 aromatic heterocycles. The summed E-state index contributed by atoms with van der Waals surface area (Å²) in [6, 6.07) is -15.5. The maximum absolute atomic E-state index is 14.4. The molecule has 0 atom stereocenters. The Labute approximate surface area is 403 Å². The molecule has 0 amide bonds. The van der Waals surface area contributed by atoms with Gasteiger partial charge >= 0.3 is 120 Å². The summed E-state index contributed by atoms with van der Waals surface area (Å²) < 4.78 is 376. The van der Waals surface area contributed by atoms with Crippen LogP contribution < -0.4 is 0 Å². The molecule has 0 aliphatic carbocycles. The molecular formula is C27H38BrF21O14Si8. The second kappa shape index (κ2) is 20.2. The first kappa shape index (κ1) is 61.6. The normalized spacial score (nSPS) is 35.2. The summed E-state index contributed by atoms with van der Waals surface area (Å²) in [6.45, 7) is 1.01. The summed E-state index contributed by atoms with van der Waals surface area (Å²) in [7, 11) is -52.1. The Morgan fingerprint density at radius 3 is 0.592 bits per heavy atom. The Bertz CT molecular complexity index is 1700. The highest BCUT2D eigenvalue weighted by atomic mass is 79.9. The van der Waals surface area contributed by atoms with Crippen LogP contribution in [0.15, 0.2) is 0 Å². The monoisotopic (exact) mass is 1290 g/mol. The molecule has 6 heterocycles. The van der Waals surface area contributed by atoms with Gasteiger partial charge in [-0.05, 0) is 13.8 Å². The second-order valence-electron chi connectivity index (χ2n) is 16.9. The molecule has 0 radical (unpaired) electrons. The van der Waals surface area contributed by atoms with E-state index < -0.39 is 224 Å². The minimum Gasteiger partial charge on any atom is -0.465 e. The lowest BCUT2D eigenvalue weighted by molar-refractivity contribution is -0.146. The molecule has 0 spiro atoms. The summed E-state index contributed by atoms with van der Waals surface area (Å²) in [5, 5.41) is 0. The summed E-state index contributed by atoms with van der Waals surface area (Å²) in [5.41, 5.74) is 0. The van der Waals surface area contributed by atoms with Crippen molar-refractivity contribution >= 4 is 92.3 Å². The van der Waals surface area contributed by atoms with E-state index in [4.69, 9.17) is 54.1 Å². The van der Waals surface area contributed by atoms with Crippen molar-refractivity contribution < 1.29 is 151 Å². The van der Waals surface area contributed by atoms with Gasteiger partial charge in [0.2, 0.25) is 0 Å². The second-order valence-corrected chi connectivity index (χ2v) is 43.6. The van der Waals surface area contributed by atoms with Crippen LogP contribution in [-0.4, -0.2) is 131 Å². The van der Waals surface area contributed by atoms with E-state index in [1.54, 1.807) is 0 Å². The minimum atomic E-state index is -6.62. The van der Waals surface area contributed by atoms with Gasteiger partial charge in [-0.1, -0.05) is 15.9 Å².